The van der Waals surface area contributed by atoms with Crippen LogP contribution in [0, 0.1) is 0 Å². The highest BCUT2D eigenvalue weighted by Crippen LogP contribution is 2.24. The van der Waals surface area contributed by atoms with Gasteiger partial charge in [0.1, 0.15) is 0 Å². The normalized spacial score (nSPS) is 12.7. The number of amides is 4. The molecule has 2 aromatic rings. The van der Waals surface area contributed by atoms with Crippen LogP contribution in [-0.2, 0) is 4.79 Å². The minimum atomic E-state index is -0.405. The Bertz CT molecular complexity index is 958. The van der Waals surface area contributed by atoms with Gasteiger partial charge in [0.25, 0.3) is 17.7 Å². The number of imide groups is 1. The van der Waals surface area contributed by atoms with Crippen LogP contribution >= 0.6 is 11.6 Å². The average molecular weight is 386 g/mol. The van der Waals surface area contributed by atoms with E-state index >= 15 is 0 Å². The molecule has 8 heteroatoms. The van der Waals surface area contributed by atoms with E-state index in [9.17, 15) is 19.2 Å². The SMILES string of the molecule is CN1C(=O)c2ccc(NC(=O)CCNC(=O)c3ccccc3Cl)cc2C1=O. The van der Waals surface area contributed by atoms with Gasteiger partial charge in [0.2, 0.25) is 5.91 Å². The number of fused-ring (bicyclic) bond motifs is 1. The van der Waals surface area contributed by atoms with E-state index in [0.717, 1.165) is 4.90 Å². The first-order chi connectivity index (χ1) is 12.9. The molecule has 138 valence electrons. The Morgan fingerprint density at radius 2 is 1.74 bits per heavy atom. The van der Waals surface area contributed by atoms with Gasteiger partial charge in [0.05, 0.1) is 21.7 Å². The van der Waals surface area contributed by atoms with Crippen molar-refractivity contribution in [2.75, 3.05) is 18.9 Å². The van der Waals surface area contributed by atoms with Crippen LogP contribution in [0.3, 0.4) is 0 Å². The van der Waals surface area contributed by atoms with Crippen LogP contribution < -0.4 is 10.6 Å². The maximum Gasteiger partial charge on any atom is 0.261 e. The Hall–Kier alpha value is -3.19. The number of anilines is 1. The molecule has 7 nitrogen and oxygen atoms in total. The lowest BCUT2D eigenvalue weighted by molar-refractivity contribution is -0.116. The first-order valence-electron chi connectivity index (χ1n) is 8.17. The van der Waals surface area contributed by atoms with Gasteiger partial charge in [0.15, 0.2) is 0 Å². The molecule has 2 N–H and O–H groups in total. The number of benzene rings is 2. The van der Waals surface area contributed by atoms with Gasteiger partial charge in [-0.2, -0.15) is 0 Å². The zero-order valence-corrected chi connectivity index (χ0v) is 15.2. The third-order valence-electron chi connectivity index (χ3n) is 4.13. The summed E-state index contributed by atoms with van der Waals surface area (Å²) in [7, 11) is 1.41. The number of hydrogen-bond acceptors (Lipinski definition) is 4. The number of halogens is 1. The fourth-order valence-corrected chi connectivity index (χ4v) is 2.91. The fourth-order valence-electron chi connectivity index (χ4n) is 2.69. The maximum absolute atomic E-state index is 12.1. The lowest BCUT2D eigenvalue weighted by Crippen LogP contribution is -2.27. The standard InChI is InChI=1S/C19H16ClN3O4/c1-23-18(26)12-7-6-11(10-14(12)19(23)27)22-16(24)8-9-21-17(25)13-4-2-3-5-15(13)20/h2-7,10H,8-9H2,1H3,(H,21,25)(H,22,24). The second-order valence-electron chi connectivity index (χ2n) is 5.96. The molecule has 2 aromatic carbocycles. The van der Waals surface area contributed by atoms with Crippen LogP contribution in [0.2, 0.25) is 5.02 Å². The third-order valence-corrected chi connectivity index (χ3v) is 4.46. The number of carbonyl (C=O) groups is 4. The Labute approximate surface area is 160 Å². The number of carbonyl (C=O) groups excluding carboxylic acids is 4. The Morgan fingerprint density at radius 3 is 2.48 bits per heavy atom. The lowest BCUT2D eigenvalue weighted by Gasteiger charge is -2.08. The Balaban J connectivity index is 1.55. The summed E-state index contributed by atoms with van der Waals surface area (Å²) < 4.78 is 0. The van der Waals surface area contributed by atoms with Gasteiger partial charge in [-0.25, -0.2) is 0 Å². The van der Waals surface area contributed by atoms with Crippen LogP contribution in [0.5, 0.6) is 0 Å². The minimum Gasteiger partial charge on any atom is -0.351 e. The molecule has 4 amide bonds. The average Bonchev–Trinajstić information content (AvgIpc) is 2.86. The molecule has 0 aliphatic carbocycles. The Kier molecular flexibility index (Phi) is 5.23. The molecular formula is C19H16ClN3O4. The van der Waals surface area contributed by atoms with Gasteiger partial charge < -0.3 is 10.6 Å². The number of rotatable bonds is 5. The first kappa shape index (κ1) is 18.6. The Morgan fingerprint density at radius 1 is 1.04 bits per heavy atom. The second kappa shape index (κ2) is 7.59. The third kappa shape index (κ3) is 3.83. The smallest absolute Gasteiger partial charge is 0.261 e. The summed E-state index contributed by atoms with van der Waals surface area (Å²) in [4.78, 5) is 49.0. The van der Waals surface area contributed by atoms with Gasteiger partial charge in [-0.1, -0.05) is 23.7 Å². The van der Waals surface area contributed by atoms with E-state index in [1.54, 1.807) is 30.3 Å². The van der Waals surface area contributed by atoms with Gasteiger partial charge in [-0.3, -0.25) is 24.1 Å². The highest BCUT2D eigenvalue weighted by molar-refractivity contribution is 6.33. The number of nitrogens with zero attached hydrogens (tertiary/aromatic N) is 1. The molecule has 27 heavy (non-hydrogen) atoms. The van der Waals surface area contributed by atoms with Crippen LogP contribution in [-0.4, -0.2) is 42.1 Å². The van der Waals surface area contributed by atoms with E-state index in [1.807, 2.05) is 0 Å². The van der Waals surface area contributed by atoms with E-state index in [4.69, 9.17) is 11.6 Å². The number of nitrogens with one attached hydrogen (secondary N) is 2. The molecule has 0 unspecified atom stereocenters. The van der Waals surface area contributed by atoms with E-state index in [0.29, 0.717) is 21.8 Å². The monoisotopic (exact) mass is 385 g/mol. The molecule has 1 aliphatic rings. The minimum absolute atomic E-state index is 0.0417. The molecule has 0 fully saturated rings. The molecule has 1 aliphatic heterocycles. The highest BCUT2D eigenvalue weighted by atomic mass is 35.5. The zero-order valence-electron chi connectivity index (χ0n) is 14.4. The summed E-state index contributed by atoms with van der Waals surface area (Å²) >= 11 is 5.95. The highest BCUT2D eigenvalue weighted by Gasteiger charge is 2.32. The maximum atomic E-state index is 12.1. The van der Waals surface area contributed by atoms with Crippen molar-refractivity contribution >= 4 is 40.9 Å². The van der Waals surface area contributed by atoms with Crippen molar-refractivity contribution < 1.29 is 19.2 Å². The molecule has 0 bridgehead atoms. The molecule has 0 aromatic heterocycles. The van der Waals surface area contributed by atoms with Crippen molar-refractivity contribution in [2.24, 2.45) is 0 Å². The van der Waals surface area contributed by atoms with Crippen molar-refractivity contribution in [2.45, 2.75) is 6.42 Å². The van der Waals surface area contributed by atoms with Gasteiger partial charge in [-0.05, 0) is 30.3 Å². The van der Waals surface area contributed by atoms with Crippen molar-refractivity contribution in [1.29, 1.82) is 0 Å². The molecule has 1 heterocycles. The molecule has 0 spiro atoms. The van der Waals surface area contributed by atoms with Gasteiger partial charge in [0, 0.05) is 25.7 Å². The van der Waals surface area contributed by atoms with Gasteiger partial charge >= 0.3 is 0 Å². The van der Waals surface area contributed by atoms with E-state index in [1.165, 1.54) is 19.2 Å². The fraction of sp³-hybridized carbons (Fsp3) is 0.158. The van der Waals surface area contributed by atoms with Crippen molar-refractivity contribution in [3.63, 3.8) is 0 Å². The summed E-state index contributed by atoms with van der Waals surface area (Å²) in [5, 5.41) is 5.61. The first-order valence-corrected chi connectivity index (χ1v) is 8.55. The lowest BCUT2D eigenvalue weighted by atomic mass is 10.1. The summed E-state index contributed by atoms with van der Waals surface area (Å²) in [6.07, 6.45) is 0.0417. The number of hydrogen-bond donors (Lipinski definition) is 2. The molecule has 3 rings (SSSR count). The zero-order chi connectivity index (χ0) is 19.6. The van der Waals surface area contributed by atoms with E-state index in [-0.39, 0.29) is 36.3 Å². The van der Waals surface area contributed by atoms with Crippen molar-refractivity contribution in [1.82, 2.24) is 10.2 Å². The van der Waals surface area contributed by atoms with Gasteiger partial charge in [-0.15, -0.1) is 0 Å². The quantitative estimate of drug-likeness (QED) is 0.772. The molecule has 0 atom stereocenters. The van der Waals surface area contributed by atoms with Crippen LogP contribution in [0.25, 0.3) is 0 Å². The van der Waals surface area contributed by atoms with Crippen LogP contribution in [0.4, 0.5) is 5.69 Å². The topological polar surface area (TPSA) is 95.6 Å². The second-order valence-corrected chi connectivity index (χ2v) is 6.37. The summed E-state index contributed by atoms with van der Waals surface area (Å²) in [5.41, 5.74) is 1.32. The molecular weight excluding hydrogens is 370 g/mol. The molecule has 0 radical (unpaired) electrons. The predicted molar refractivity (Wildman–Crippen MR) is 99.9 cm³/mol. The summed E-state index contributed by atoms with van der Waals surface area (Å²) in [6, 6.07) is 11.2. The van der Waals surface area contributed by atoms with E-state index in [2.05, 4.69) is 10.6 Å². The molecule has 0 saturated carbocycles. The predicted octanol–water partition coefficient (Wildman–Crippen LogP) is 2.32. The van der Waals surface area contributed by atoms with Crippen LogP contribution in [0.15, 0.2) is 42.5 Å². The van der Waals surface area contributed by atoms with Crippen LogP contribution in [0.1, 0.15) is 37.5 Å². The summed E-state index contributed by atoms with van der Waals surface area (Å²) in [5.74, 6) is -1.47. The van der Waals surface area contributed by atoms with Crippen molar-refractivity contribution in [3.8, 4) is 0 Å². The van der Waals surface area contributed by atoms with E-state index < -0.39 is 5.91 Å². The van der Waals surface area contributed by atoms with Crippen molar-refractivity contribution in [3.05, 3.63) is 64.2 Å². The molecule has 0 saturated heterocycles. The largest absolute Gasteiger partial charge is 0.351 e. The summed E-state index contributed by atoms with van der Waals surface area (Å²) in [6.45, 7) is 0.126.